The highest BCUT2D eigenvalue weighted by Crippen LogP contribution is 2.52. The highest BCUT2D eigenvalue weighted by Gasteiger charge is 2.60. The Morgan fingerprint density at radius 3 is 2.56 bits per heavy atom. The number of hydrogen-bond donors (Lipinski definition) is 1. The van der Waals surface area contributed by atoms with E-state index in [1.165, 1.54) is 32.2 Å². The van der Waals surface area contributed by atoms with E-state index in [1.807, 2.05) is 26.0 Å². The zero-order chi connectivity index (χ0) is 31.2. The summed E-state index contributed by atoms with van der Waals surface area (Å²) in [4.78, 5) is 45.0. The van der Waals surface area contributed by atoms with E-state index in [0.717, 1.165) is 21.2 Å². The molecule has 0 aliphatic carbocycles. The zero-order valence-corrected chi connectivity index (χ0v) is 25.8. The molecule has 3 aromatic rings. The van der Waals surface area contributed by atoms with Crippen molar-refractivity contribution in [3.63, 3.8) is 0 Å². The van der Waals surface area contributed by atoms with Crippen molar-refractivity contribution in [1.82, 2.24) is 18.6 Å². The van der Waals surface area contributed by atoms with E-state index < -0.39 is 46.1 Å². The highest BCUT2D eigenvalue weighted by molar-refractivity contribution is 7.89. The predicted molar refractivity (Wildman–Crippen MR) is 155 cm³/mol. The average Bonchev–Trinajstić information content (AvgIpc) is 3.60. The molecule has 230 valence electrons. The number of carbonyl (C=O) groups excluding carboxylic acids is 3. The van der Waals surface area contributed by atoms with Gasteiger partial charge in [0.15, 0.2) is 0 Å². The molecule has 2 aliphatic heterocycles. The number of hydrogen-bond acceptors (Lipinski definition) is 11. The Morgan fingerprint density at radius 2 is 1.88 bits per heavy atom. The van der Waals surface area contributed by atoms with Gasteiger partial charge in [0.25, 0.3) is 10.0 Å². The second kappa shape index (κ2) is 11.7. The molecule has 5 rings (SSSR count). The Hall–Kier alpha value is -3.79. The summed E-state index contributed by atoms with van der Waals surface area (Å²) in [6, 6.07) is 6.56. The molecule has 2 aromatic heterocycles. The summed E-state index contributed by atoms with van der Waals surface area (Å²) in [6.45, 7) is 4.70. The van der Waals surface area contributed by atoms with Crippen LogP contribution in [0.3, 0.4) is 0 Å². The van der Waals surface area contributed by atoms with Gasteiger partial charge in [-0.05, 0) is 25.0 Å². The van der Waals surface area contributed by atoms with E-state index in [-0.39, 0.29) is 29.9 Å². The molecule has 0 bridgehead atoms. The van der Waals surface area contributed by atoms with Gasteiger partial charge in [0.1, 0.15) is 35.8 Å². The van der Waals surface area contributed by atoms with E-state index in [0.29, 0.717) is 27.5 Å². The molecule has 1 amide bonds. The van der Waals surface area contributed by atoms with Crippen molar-refractivity contribution >= 4 is 49.8 Å². The minimum absolute atomic E-state index is 0.00771. The maximum Gasteiger partial charge on any atom is 0.513 e. The molecule has 0 spiro atoms. The first-order chi connectivity index (χ1) is 20.4. The number of carbonyl (C=O) groups is 3. The van der Waals surface area contributed by atoms with Gasteiger partial charge in [0.2, 0.25) is 10.9 Å². The average molecular weight is 633 g/mol. The minimum atomic E-state index is -3.84. The fraction of sp³-hybridized carbons (Fsp3) is 0.429. The summed E-state index contributed by atoms with van der Waals surface area (Å²) in [5.41, 5.74) is 1.33. The standard InChI is InChI=1S/C28H32N4O9S2/c1-6-17-9-7-8-10-18(17)41-28(36)40-12-11-39-27(35)23-20(15(2)22-21(16(3)33)25(34)32(22)23)19-13-31-14-29-24(26(31)42-19)43(37,38)30(4)5/h7-10,13-16,21-22,33H,6,11-12H2,1-5H3/t15-,16?,21+,22+/m0/s1. The first kappa shape index (κ1) is 30.7. The second-order valence-electron chi connectivity index (χ2n) is 10.5. The number of fused-ring (bicyclic) bond motifs is 2. The topological polar surface area (TPSA) is 157 Å². The quantitative estimate of drug-likeness (QED) is 0.152. The van der Waals surface area contributed by atoms with Crippen LogP contribution in [0, 0.1) is 11.8 Å². The maximum atomic E-state index is 13.4. The molecule has 43 heavy (non-hydrogen) atoms. The molecule has 1 fully saturated rings. The Labute approximate surface area is 252 Å². The van der Waals surface area contributed by atoms with Crippen molar-refractivity contribution in [2.24, 2.45) is 11.8 Å². The Bertz CT molecular complexity index is 1720. The molecule has 0 radical (unpaired) electrons. The molecule has 15 heteroatoms. The molecule has 1 unspecified atom stereocenters. The van der Waals surface area contributed by atoms with Crippen molar-refractivity contribution in [2.45, 2.75) is 44.4 Å². The lowest BCUT2D eigenvalue weighted by molar-refractivity contribution is -0.164. The van der Waals surface area contributed by atoms with Gasteiger partial charge in [-0.2, -0.15) is 0 Å². The van der Waals surface area contributed by atoms with E-state index >= 15 is 0 Å². The fourth-order valence-electron chi connectivity index (χ4n) is 5.48. The van der Waals surface area contributed by atoms with E-state index in [4.69, 9.17) is 14.2 Å². The number of benzene rings is 1. The van der Waals surface area contributed by atoms with Crippen LogP contribution in [-0.4, -0.2) is 89.6 Å². The highest BCUT2D eigenvalue weighted by atomic mass is 32.2. The number of ether oxygens (including phenoxy) is 3. The minimum Gasteiger partial charge on any atom is -0.457 e. The third-order valence-corrected chi connectivity index (χ3v) is 10.6. The van der Waals surface area contributed by atoms with Crippen molar-refractivity contribution < 1.29 is 42.1 Å². The van der Waals surface area contributed by atoms with Crippen LogP contribution >= 0.6 is 11.3 Å². The number of sulfonamides is 1. The molecule has 13 nitrogen and oxygen atoms in total. The summed E-state index contributed by atoms with van der Waals surface area (Å²) < 4.78 is 44.0. The lowest BCUT2D eigenvalue weighted by Gasteiger charge is -2.46. The predicted octanol–water partition coefficient (Wildman–Crippen LogP) is 2.54. The van der Waals surface area contributed by atoms with Gasteiger partial charge in [0.05, 0.1) is 22.9 Å². The van der Waals surface area contributed by atoms with Gasteiger partial charge >= 0.3 is 12.1 Å². The normalized spacial score (nSPS) is 20.8. The van der Waals surface area contributed by atoms with Crippen LogP contribution in [-0.2, 0) is 35.5 Å². The van der Waals surface area contributed by atoms with Gasteiger partial charge in [-0.1, -0.05) is 32.0 Å². The van der Waals surface area contributed by atoms with Crippen molar-refractivity contribution in [3.05, 3.63) is 52.9 Å². The van der Waals surface area contributed by atoms with Gasteiger partial charge in [-0.25, -0.2) is 27.3 Å². The van der Waals surface area contributed by atoms with Crippen LogP contribution in [0.15, 0.2) is 47.5 Å². The molecular weight excluding hydrogens is 600 g/mol. The lowest BCUT2D eigenvalue weighted by Crippen LogP contribution is -2.63. The summed E-state index contributed by atoms with van der Waals surface area (Å²) >= 11 is 1.12. The number of amides is 1. The Morgan fingerprint density at radius 1 is 1.19 bits per heavy atom. The number of thiazole rings is 1. The monoisotopic (exact) mass is 632 g/mol. The second-order valence-corrected chi connectivity index (χ2v) is 13.6. The van der Waals surface area contributed by atoms with Gasteiger partial charge < -0.3 is 24.2 Å². The van der Waals surface area contributed by atoms with Crippen LogP contribution in [0.5, 0.6) is 5.75 Å². The summed E-state index contributed by atoms with van der Waals surface area (Å²) in [5, 5.41) is 10.2. The molecule has 0 saturated carbocycles. The van der Waals surface area contributed by atoms with Crippen molar-refractivity contribution in [1.29, 1.82) is 0 Å². The first-order valence-corrected chi connectivity index (χ1v) is 15.9. The number of nitrogens with zero attached hydrogens (tertiary/aromatic N) is 4. The summed E-state index contributed by atoms with van der Waals surface area (Å²) in [7, 11) is -1.03. The molecule has 1 N–H and O–H groups in total. The number of rotatable bonds is 10. The third-order valence-electron chi connectivity index (χ3n) is 7.62. The van der Waals surface area contributed by atoms with Crippen LogP contribution in [0.2, 0.25) is 0 Å². The van der Waals surface area contributed by atoms with E-state index in [9.17, 15) is 27.9 Å². The Kier molecular flexibility index (Phi) is 8.35. The van der Waals surface area contributed by atoms with Gasteiger partial charge in [0, 0.05) is 31.8 Å². The zero-order valence-electron chi connectivity index (χ0n) is 24.2. The largest absolute Gasteiger partial charge is 0.513 e. The SMILES string of the molecule is CCc1ccccc1OC(=O)OCCOC(=O)C1=C(c2cn3cnc(S(=O)(=O)N(C)C)c3s2)[C@H](C)[C@@H]2[C@@H](C(C)O)C(=O)N12. The number of aliphatic hydroxyl groups excluding tert-OH is 1. The summed E-state index contributed by atoms with van der Waals surface area (Å²) in [5.74, 6) is -1.94. The van der Waals surface area contributed by atoms with Crippen molar-refractivity contribution in [2.75, 3.05) is 27.3 Å². The van der Waals surface area contributed by atoms with E-state index in [1.54, 1.807) is 22.7 Å². The summed E-state index contributed by atoms with van der Waals surface area (Å²) in [6.07, 6.45) is 1.80. The Balaban J connectivity index is 1.37. The number of esters is 1. The molecule has 4 heterocycles. The fourth-order valence-corrected chi connectivity index (χ4v) is 7.88. The number of imidazole rings is 1. The molecule has 4 atom stereocenters. The number of β-lactam (4-membered cyclic amide) rings is 1. The molecule has 2 aliphatic rings. The molecule has 1 aromatic carbocycles. The number of aryl methyl sites for hydroxylation is 1. The lowest BCUT2D eigenvalue weighted by atomic mass is 9.77. The van der Waals surface area contributed by atoms with Crippen LogP contribution in [0.1, 0.15) is 31.2 Å². The van der Waals surface area contributed by atoms with Crippen LogP contribution in [0.25, 0.3) is 10.4 Å². The van der Waals surface area contributed by atoms with Crippen LogP contribution < -0.4 is 4.74 Å². The van der Waals surface area contributed by atoms with Gasteiger partial charge in [-0.3, -0.25) is 9.20 Å². The maximum absolute atomic E-state index is 13.4. The third kappa shape index (κ3) is 5.30. The van der Waals surface area contributed by atoms with Crippen molar-refractivity contribution in [3.8, 4) is 5.75 Å². The molecular formula is C28H32N4O9S2. The first-order valence-electron chi connectivity index (χ1n) is 13.6. The smallest absolute Gasteiger partial charge is 0.457 e. The number of aliphatic hydroxyl groups is 1. The molecule has 1 saturated heterocycles. The van der Waals surface area contributed by atoms with E-state index in [2.05, 4.69) is 4.98 Å². The number of aromatic nitrogens is 2. The van der Waals surface area contributed by atoms with Gasteiger partial charge in [-0.15, -0.1) is 11.3 Å². The van der Waals surface area contributed by atoms with Crippen LogP contribution in [0.4, 0.5) is 4.79 Å². The number of para-hydroxylation sites is 1.